The topological polar surface area (TPSA) is 50.9 Å². The lowest BCUT2D eigenvalue weighted by Gasteiger charge is -2.08. The van der Waals surface area contributed by atoms with Crippen LogP contribution in [0, 0.1) is 0 Å². The lowest BCUT2D eigenvalue weighted by molar-refractivity contribution is 0.174. The Bertz CT molecular complexity index is 481. The molecule has 0 fully saturated rings. The molecule has 0 saturated heterocycles. The third-order valence-corrected chi connectivity index (χ3v) is 3.01. The van der Waals surface area contributed by atoms with Gasteiger partial charge in [-0.25, -0.2) is 0 Å². The number of aliphatic hydroxyl groups excluding tert-OH is 1. The second kappa shape index (κ2) is 5.42. The average Bonchev–Trinajstić information content (AvgIpc) is 2.67. The van der Waals surface area contributed by atoms with E-state index in [1.54, 1.807) is 4.68 Å². The molecule has 0 aliphatic heterocycles. The maximum atomic E-state index is 9.95. The van der Waals surface area contributed by atoms with E-state index in [0.29, 0.717) is 12.8 Å². The van der Waals surface area contributed by atoms with Crippen LogP contribution in [0.5, 0.6) is 0 Å². The molecule has 5 heteroatoms. The molecule has 0 aliphatic carbocycles. The Morgan fingerprint density at radius 2 is 2.00 bits per heavy atom. The van der Waals surface area contributed by atoms with Gasteiger partial charge in [0.15, 0.2) is 0 Å². The molecule has 0 bridgehead atoms. The standard InChI is InChI=1S/C12H14BrN3O/c1-16-8-11(14-15-16)7-12(17)6-9-2-4-10(13)5-3-9/h2-5,8,12,17H,6-7H2,1H3. The summed E-state index contributed by atoms with van der Waals surface area (Å²) in [6, 6.07) is 7.96. The van der Waals surface area contributed by atoms with Crippen LogP contribution in [0.15, 0.2) is 34.9 Å². The van der Waals surface area contributed by atoms with Gasteiger partial charge in [0, 0.05) is 24.1 Å². The molecule has 1 aromatic heterocycles. The molecule has 4 nitrogen and oxygen atoms in total. The Labute approximate surface area is 108 Å². The lowest BCUT2D eigenvalue weighted by Crippen LogP contribution is -2.14. The quantitative estimate of drug-likeness (QED) is 0.934. The van der Waals surface area contributed by atoms with Gasteiger partial charge in [-0.15, -0.1) is 5.10 Å². The maximum absolute atomic E-state index is 9.95. The Morgan fingerprint density at radius 3 is 2.59 bits per heavy atom. The molecule has 1 unspecified atom stereocenters. The number of rotatable bonds is 4. The summed E-state index contributed by atoms with van der Waals surface area (Å²) in [5.41, 5.74) is 1.93. The Kier molecular flexibility index (Phi) is 3.91. The first-order chi connectivity index (χ1) is 8.13. The zero-order valence-electron chi connectivity index (χ0n) is 9.55. The first-order valence-electron chi connectivity index (χ1n) is 5.41. The zero-order valence-corrected chi connectivity index (χ0v) is 11.1. The van der Waals surface area contributed by atoms with E-state index in [1.807, 2.05) is 37.5 Å². The molecule has 1 aromatic carbocycles. The van der Waals surface area contributed by atoms with Gasteiger partial charge in [-0.05, 0) is 24.1 Å². The van der Waals surface area contributed by atoms with Crippen molar-refractivity contribution in [3.63, 3.8) is 0 Å². The smallest absolute Gasteiger partial charge is 0.0852 e. The molecule has 17 heavy (non-hydrogen) atoms. The van der Waals surface area contributed by atoms with E-state index in [-0.39, 0.29) is 0 Å². The van der Waals surface area contributed by atoms with Gasteiger partial charge >= 0.3 is 0 Å². The third kappa shape index (κ3) is 3.64. The van der Waals surface area contributed by atoms with Crippen LogP contribution in [0.1, 0.15) is 11.3 Å². The van der Waals surface area contributed by atoms with Crippen molar-refractivity contribution in [3.05, 3.63) is 46.2 Å². The second-order valence-corrected chi connectivity index (χ2v) is 4.99. The van der Waals surface area contributed by atoms with Crippen molar-refractivity contribution < 1.29 is 5.11 Å². The molecule has 0 saturated carbocycles. The van der Waals surface area contributed by atoms with Gasteiger partial charge in [0.1, 0.15) is 0 Å². The Hall–Kier alpha value is -1.20. The molecule has 2 aromatic rings. The highest BCUT2D eigenvalue weighted by atomic mass is 79.9. The molecule has 0 amide bonds. The summed E-state index contributed by atoms with van der Waals surface area (Å²) in [5.74, 6) is 0. The van der Waals surface area contributed by atoms with Crippen molar-refractivity contribution in [2.45, 2.75) is 18.9 Å². The van der Waals surface area contributed by atoms with Crippen LogP contribution in [0.4, 0.5) is 0 Å². The van der Waals surface area contributed by atoms with Crippen molar-refractivity contribution in [1.29, 1.82) is 0 Å². The largest absolute Gasteiger partial charge is 0.392 e. The van der Waals surface area contributed by atoms with E-state index >= 15 is 0 Å². The molecule has 1 atom stereocenters. The van der Waals surface area contributed by atoms with Crippen LogP contribution < -0.4 is 0 Å². The van der Waals surface area contributed by atoms with Crippen LogP contribution in [-0.2, 0) is 19.9 Å². The SMILES string of the molecule is Cn1cc(CC(O)Cc2ccc(Br)cc2)nn1. The van der Waals surface area contributed by atoms with Crippen LogP contribution in [-0.4, -0.2) is 26.2 Å². The van der Waals surface area contributed by atoms with E-state index in [9.17, 15) is 5.11 Å². The number of benzene rings is 1. The highest BCUT2D eigenvalue weighted by molar-refractivity contribution is 9.10. The summed E-state index contributed by atoms with van der Waals surface area (Å²) < 4.78 is 2.69. The van der Waals surface area contributed by atoms with E-state index in [2.05, 4.69) is 26.2 Å². The summed E-state index contributed by atoms with van der Waals surface area (Å²) >= 11 is 3.38. The van der Waals surface area contributed by atoms with Gasteiger partial charge in [0.25, 0.3) is 0 Å². The number of nitrogens with zero attached hydrogens (tertiary/aromatic N) is 3. The number of halogens is 1. The van der Waals surface area contributed by atoms with Gasteiger partial charge in [-0.3, -0.25) is 4.68 Å². The molecule has 0 radical (unpaired) electrons. The van der Waals surface area contributed by atoms with E-state index in [4.69, 9.17) is 0 Å². The molecule has 0 spiro atoms. The van der Waals surface area contributed by atoms with Gasteiger partial charge in [0.05, 0.1) is 11.8 Å². The second-order valence-electron chi connectivity index (χ2n) is 4.07. The minimum atomic E-state index is -0.423. The summed E-state index contributed by atoms with van der Waals surface area (Å²) in [6.45, 7) is 0. The van der Waals surface area contributed by atoms with Crippen molar-refractivity contribution in [2.24, 2.45) is 7.05 Å². The van der Waals surface area contributed by atoms with E-state index < -0.39 is 6.10 Å². The summed E-state index contributed by atoms with van der Waals surface area (Å²) in [4.78, 5) is 0. The van der Waals surface area contributed by atoms with Gasteiger partial charge in [-0.2, -0.15) is 0 Å². The van der Waals surface area contributed by atoms with Crippen molar-refractivity contribution in [1.82, 2.24) is 15.0 Å². The molecule has 2 rings (SSSR count). The predicted molar refractivity (Wildman–Crippen MR) is 68.6 cm³/mol. The fourth-order valence-corrected chi connectivity index (χ4v) is 1.96. The summed E-state index contributed by atoms with van der Waals surface area (Å²) in [7, 11) is 1.82. The normalized spacial score (nSPS) is 12.6. The monoisotopic (exact) mass is 295 g/mol. The highest BCUT2D eigenvalue weighted by Crippen LogP contribution is 2.13. The lowest BCUT2D eigenvalue weighted by atomic mass is 10.0. The van der Waals surface area contributed by atoms with Gasteiger partial charge in [-0.1, -0.05) is 33.3 Å². The predicted octanol–water partition coefficient (Wildman–Crippen LogP) is 1.72. The molecule has 90 valence electrons. The zero-order chi connectivity index (χ0) is 12.3. The number of hydrogen-bond donors (Lipinski definition) is 1. The third-order valence-electron chi connectivity index (χ3n) is 2.48. The van der Waals surface area contributed by atoms with Crippen molar-refractivity contribution in [2.75, 3.05) is 0 Å². The molecular formula is C12H14BrN3O. The molecule has 1 N–H and O–H groups in total. The van der Waals surface area contributed by atoms with Gasteiger partial charge < -0.3 is 5.11 Å². The maximum Gasteiger partial charge on any atom is 0.0852 e. The number of hydrogen-bond acceptors (Lipinski definition) is 3. The highest BCUT2D eigenvalue weighted by Gasteiger charge is 2.09. The molecule has 0 aliphatic rings. The number of aliphatic hydroxyl groups is 1. The fourth-order valence-electron chi connectivity index (χ4n) is 1.69. The van der Waals surface area contributed by atoms with Crippen LogP contribution in [0.3, 0.4) is 0 Å². The minimum Gasteiger partial charge on any atom is -0.392 e. The Morgan fingerprint density at radius 1 is 1.29 bits per heavy atom. The molecular weight excluding hydrogens is 282 g/mol. The van der Waals surface area contributed by atoms with Crippen molar-refractivity contribution >= 4 is 15.9 Å². The van der Waals surface area contributed by atoms with Crippen molar-refractivity contribution in [3.8, 4) is 0 Å². The number of aryl methyl sites for hydroxylation is 1. The van der Waals surface area contributed by atoms with E-state index in [1.165, 1.54) is 0 Å². The minimum absolute atomic E-state index is 0.423. The Balaban J connectivity index is 1.93. The van der Waals surface area contributed by atoms with Crippen LogP contribution in [0.2, 0.25) is 0 Å². The van der Waals surface area contributed by atoms with Gasteiger partial charge in [0.2, 0.25) is 0 Å². The van der Waals surface area contributed by atoms with Crippen LogP contribution >= 0.6 is 15.9 Å². The summed E-state index contributed by atoms with van der Waals surface area (Å²) in [5, 5.41) is 17.7. The summed E-state index contributed by atoms with van der Waals surface area (Å²) in [6.07, 6.45) is 2.56. The van der Waals surface area contributed by atoms with E-state index in [0.717, 1.165) is 15.7 Å². The number of aromatic nitrogens is 3. The average molecular weight is 296 g/mol. The molecule has 1 heterocycles. The first-order valence-corrected chi connectivity index (χ1v) is 6.20. The van der Waals surface area contributed by atoms with Crippen LogP contribution in [0.25, 0.3) is 0 Å². The first kappa shape index (κ1) is 12.3. The fraction of sp³-hybridized carbons (Fsp3) is 0.333.